The number of hydrogen-bond donors (Lipinski definition) is 4. The Kier molecular flexibility index (Phi) is 5.13. The molecule has 21 heavy (non-hydrogen) atoms. The second kappa shape index (κ2) is 6.86. The van der Waals surface area contributed by atoms with Crippen LogP contribution in [0.4, 0.5) is 17.8 Å². The Balaban J connectivity index is 2.13. The van der Waals surface area contributed by atoms with Gasteiger partial charge in [-0.3, -0.25) is 5.43 Å². The third kappa shape index (κ3) is 4.40. The lowest BCUT2D eigenvalue weighted by Crippen LogP contribution is -2.34. The average Bonchev–Trinajstić information content (AvgIpc) is 2.53. The average molecular weight is 295 g/mol. The lowest BCUT2D eigenvalue weighted by atomic mass is 10.0. The molecule has 1 aromatic heterocycles. The molecule has 118 valence electrons. The molecule has 0 spiro atoms. The number of nitrogens with zero attached hydrogens (tertiary/aromatic N) is 4. The standard InChI is InChI=1S/C13H25N7O/c1-3-13(2,21)9-15-10-16-11(19-14)18-12(17-10)20-7-5-4-6-8-20/h21H,3-9,14H2,1-2H3,(H2,15,16,17,18,19). The molecule has 1 aromatic rings. The summed E-state index contributed by atoms with van der Waals surface area (Å²) >= 11 is 0. The SMILES string of the molecule is CCC(C)(O)CNc1nc(NN)nc(N2CCCCC2)n1. The Morgan fingerprint density at radius 2 is 1.86 bits per heavy atom. The number of hydrogen-bond acceptors (Lipinski definition) is 8. The second-order valence-corrected chi connectivity index (χ2v) is 5.68. The van der Waals surface area contributed by atoms with E-state index >= 15 is 0 Å². The fourth-order valence-electron chi connectivity index (χ4n) is 2.14. The van der Waals surface area contributed by atoms with Crippen molar-refractivity contribution in [2.45, 2.75) is 45.1 Å². The normalized spacial score (nSPS) is 18.2. The van der Waals surface area contributed by atoms with Crippen molar-refractivity contribution < 1.29 is 5.11 Å². The molecule has 0 radical (unpaired) electrons. The smallest absolute Gasteiger partial charge is 0.243 e. The predicted molar refractivity (Wildman–Crippen MR) is 83.1 cm³/mol. The molecule has 1 fully saturated rings. The fraction of sp³-hybridized carbons (Fsp3) is 0.769. The minimum Gasteiger partial charge on any atom is -0.388 e. The summed E-state index contributed by atoms with van der Waals surface area (Å²) < 4.78 is 0. The molecule has 2 rings (SSSR count). The van der Waals surface area contributed by atoms with E-state index in [9.17, 15) is 5.11 Å². The molecule has 5 N–H and O–H groups in total. The number of aliphatic hydroxyl groups is 1. The van der Waals surface area contributed by atoms with Crippen LogP contribution in [0.1, 0.15) is 39.5 Å². The number of hydrazine groups is 1. The maximum atomic E-state index is 10.0. The molecule has 2 heterocycles. The number of piperidine rings is 1. The van der Waals surface area contributed by atoms with Gasteiger partial charge < -0.3 is 15.3 Å². The highest BCUT2D eigenvalue weighted by Gasteiger charge is 2.19. The van der Waals surface area contributed by atoms with Crippen molar-refractivity contribution >= 4 is 17.8 Å². The first-order valence-electron chi connectivity index (χ1n) is 7.48. The zero-order valence-corrected chi connectivity index (χ0v) is 12.8. The van der Waals surface area contributed by atoms with Crippen LogP contribution >= 0.6 is 0 Å². The van der Waals surface area contributed by atoms with E-state index in [0.29, 0.717) is 30.8 Å². The molecule has 0 aliphatic carbocycles. The van der Waals surface area contributed by atoms with Crippen molar-refractivity contribution in [3.8, 4) is 0 Å². The second-order valence-electron chi connectivity index (χ2n) is 5.68. The summed E-state index contributed by atoms with van der Waals surface area (Å²) in [6, 6.07) is 0. The summed E-state index contributed by atoms with van der Waals surface area (Å²) in [5.74, 6) is 6.80. The van der Waals surface area contributed by atoms with Crippen LogP contribution in [0.3, 0.4) is 0 Å². The van der Waals surface area contributed by atoms with Crippen molar-refractivity contribution in [3.05, 3.63) is 0 Å². The van der Waals surface area contributed by atoms with E-state index in [0.717, 1.165) is 25.9 Å². The Morgan fingerprint density at radius 1 is 1.19 bits per heavy atom. The third-order valence-electron chi connectivity index (χ3n) is 3.78. The van der Waals surface area contributed by atoms with Gasteiger partial charge in [0.1, 0.15) is 0 Å². The highest BCUT2D eigenvalue weighted by Crippen LogP contribution is 2.18. The van der Waals surface area contributed by atoms with E-state index in [4.69, 9.17) is 5.84 Å². The van der Waals surface area contributed by atoms with Gasteiger partial charge in [0.25, 0.3) is 0 Å². The summed E-state index contributed by atoms with van der Waals surface area (Å²) in [6.07, 6.45) is 4.18. The summed E-state index contributed by atoms with van der Waals surface area (Å²) in [5.41, 5.74) is 1.67. The Labute approximate surface area is 125 Å². The lowest BCUT2D eigenvalue weighted by Gasteiger charge is -2.27. The van der Waals surface area contributed by atoms with E-state index < -0.39 is 5.60 Å². The number of nitrogen functional groups attached to an aromatic ring is 1. The minimum atomic E-state index is -0.797. The van der Waals surface area contributed by atoms with E-state index in [1.54, 1.807) is 6.92 Å². The Bertz CT molecular complexity index is 460. The lowest BCUT2D eigenvalue weighted by molar-refractivity contribution is 0.0695. The molecule has 8 heteroatoms. The van der Waals surface area contributed by atoms with E-state index in [1.807, 2.05) is 6.92 Å². The molecule has 1 atom stereocenters. The van der Waals surface area contributed by atoms with Crippen molar-refractivity contribution in [2.75, 3.05) is 35.3 Å². The van der Waals surface area contributed by atoms with Crippen molar-refractivity contribution in [1.29, 1.82) is 0 Å². The van der Waals surface area contributed by atoms with Crippen LogP contribution in [0.15, 0.2) is 0 Å². The van der Waals surface area contributed by atoms with Crippen molar-refractivity contribution in [1.82, 2.24) is 15.0 Å². The predicted octanol–water partition coefficient (Wildman–Crippen LogP) is 0.720. The molecule has 8 nitrogen and oxygen atoms in total. The monoisotopic (exact) mass is 295 g/mol. The molecular formula is C13H25N7O. The van der Waals surface area contributed by atoms with Gasteiger partial charge in [0.2, 0.25) is 17.8 Å². The van der Waals surface area contributed by atoms with E-state index in [-0.39, 0.29) is 0 Å². The molecule has 1 aliphatic rings. The van der Waals surface area contributed by atoms with E-state index in [1.165, 1.54) is 6.42 Å². The largest absolute Gasteiger partial charge is 0.388 e. The van der Waals surface area contributed by atoms with Crippen LogP contribution in [0, 0.1) is 0 Å². The van der Waals surface area contributed by atoms with Crippen LogP contribution in [0.5, 0.6) is 0 Å². The quantitative estimate of drug-likeness (QED) is 0.448. The van der Waals surface area contributed by atoms with Crippen LogP contribution in [0.25, 0.3) is 0 Å². The number of nitrogens with one attached hydrogen (secondary N) is 2. The van der Waals surface area contributed by atoms with Gasteiger partial charge in [0.15, 0.2) is 0 Å². The molecule has 0 bridgehead atoms. The number of nitrogens with two attached hydrogens (primary N) is 1. The van der Waals surface area contributed by atoms with Gasteiger partial charge in [-0.1, -0.05) is 6.92 Å². The molecule has 1 saturated heterocycles. The van der Waals surface area contributed by atoms with Gasteiger partial charge in [-0.25, -0.2) is 5.84 Å². The first kappa shape index (κ1) is 15.7. The van der Waals surface area contributed by atoms with Crippen LogP contribution in [-0.4, -0.2) is 45.3 Å². The minimum absolute atomic E-state index is 0.323. The molecule has 1 aliphatic heterocycles. The topological polar surface area (TPSA) is 112 Å². The highest BCUT2D eigenvalue weighted by atomic mass is 16.3. The molecular weight excluding hydrogens is 270 g/mol. The van der Waals surface area contributed by atoms with Gasteiger partial charge >= 0.3 is 0 Å². The number of anilines is 3. The van der Waals surface area contributed by atoms with Crippen molar-refractivity contribution in [2.24, 2.45) is 5.84 Å². The Morgan fingerprint density at radius 3 is 2.48 bits per heavy atom. The third-order valence-corrected chi connectivity index (χ3v) is 3.78. The maximum absolute atomic E-state index is 10.0. The zero-order valence-electron chi connectivity index (χ0n) is 12.8. The first-order valence-corrected chi connectivity index (χ1v) is 7.48. The van der Waals surface area contributed by atoms with Crippen LogP contribution in [-0.2, 0) is 0 Å². The molecule has 0 saturated carbocycles. The summed E-state index contributed by atoms with van der Waals surface area (Å²) in [7, 11) is 0. The van der Waals surface area contributed by atoms with Crippen molar-refractivity contribution in [3.63, 3.8) is 0 Å². The van der Waals surface area contributed by atoms with Gasteiger partial charge in [-0.05, 0) is 32.6 Å². The van der Waals surface area contributed by atoms with Gasteiger partial charge in [0.05, 0.1) is 5.60 Å². The summed E-state index contributed by atoms with van der Waals surface area (Å²) in [5, 5.41) is 13.1. The number of rotatable bonds is 6. The first-order chi connectivity index (χ1) is 10.0. The molecule has 0 aromatic carbocycles. The molecule has 0 amide bonds. The van der Waals surface area contributed by atoms with Crippen LogP contribution < -0.4 is 21.5 Å². The summed E-state index contributed by atoms with van der Waals surface area (Å²) in [6.45, 7) is 5.97. The fourth-order valence-corrected chi connectivity index (χ4v) is 2.14. The molecule has 1 unspecified atom stereocenters. The zero-order chi connectivity index (χ0) is 15.3. The van der Waals surface area contributed by atoms with Gasteiger partial charge in [-0.2, -0.15) is 15.0 Å². The highest BCUT2D eigenvalue weighted by molar-refractivity contribution is 5.43. The van der Waals surface area contributed by atoms with Gasteiger partial charge in [-0.15, -0.1) is 0 Å². The van der Waals surface area contributed by atoms with E-state index in [2.05, 4.69) is 30.6 Å². The van der Waals surface area contributed by atoms with Crippen LogP contribution in [0.2, 0.25) is 0 Å². The Hall–Kier alpha value is -1.67. The van der Waals surface area contributed by atoms with Gasteiger partial charge in [0, 0.05) is 19.6 Å². The number of aromatic nitrogens is 3. The summed E-state index contributed by atoms with van der Waals surface area (Å²) in [4.78, 5) is 15.0. The maximum Gasteiger partial charge on any atom is 0.243 e.